The number of halogens is 1. The van der Waals surface area contributed by atoms with Crippen molar-refractivity contribution >= 4 is 32.6 Å². The molecule has 0 atom stereocenters. The summed E-state index contributed by atoms with van der Waals surface area (Å²) in [5.74, 6) is 0.131. The number of hydrogen-bond donors (Lipinski definition) is 0. The Balaban J connectivity index is 1.93. The van der Waals surface area contributed by atoms with E-state index in [2.05, 4.69) is 15.9 Å². The summed E-state index contributed by atoms with van der Waals surface area (Å²) >= 11 is 3.47. The van der Waals surface area contributed by atoms with Gasteiger partial charge in [0.05, 0.1) is 6.54 Å². The molecule has 1 heterocycles. The Labute approximate surface area is 126 Å². The molecule has 3 rings (SSSR count). The highest BCUT2D eigenvalue weighted by molar-refractivity contribution is 9.10. The van der Waals surface area contributed by atoms with Crippen LogP contribution in [0.15, 0.2) is 59.2 Å². The number of nitrogens with zero attached hydrogens (tertiary/aromatic N) is 1. The maximum absolute atomic E-state index is 12.4. The molecule has 0 aliphatic rings. The zero-order valence-corrected chi connectivity index (χ0v) is 12.7. The number of carbonyl (C=O) groups excluding carboxylic acids is 1. The lowest BCUT2D eigenvalue weighted by atomic mass is 10.1. The third kappa shape index (κ3) is 2.54. The highest BCUT2D eigenvalue weighted by atomic mass is 79.9. The van der Waals surface area contributed by atoms with Crippen LogP contribution in [0, 0.1) is 6.92 Å². The molecule has 0 radical (unpaired) electrons. The standard InChI is InChI=1S/C17H14BrNO/c1-12-3-2-4-14(9-12)17(20)11-19-8-7-13-5-6-15(18)10-16(13)19/h2-10H,11H2,1H3. The molecule has 3 aromatic rings. The normalized spacial score (nSPS) is 10.9. The lowest BCUT2D eigenvalue weighted by Gasteiger charge is -2.06. The van der Waals surface area contributed by atoms with Crippen LogP contribution in [0.1, 0.15) is 15.9 Å². The van der Waals surface area contributed by atoms with Crippen LogP contribution in [-0.2, 0) is 6.54 Å². The smallest absolute Gasteiger partial charge is 0.182 e. The summed E-state index contributed by atoms with van der Waals surface area (Å²) in [6.45, 7) is 2.36. The van der Waals surface area contributed by atoms with Crippen LogP contribution in [0.25, 0.3) is 10.9 Å². The summed E-state index contributed by atoms with van der Waals surface area (Å²) < 4.78 is 3.01. The highest BCUT2D eigenvalue weighted by Gasteiger charge is 2.09. The van der Waals surface area contributed by atoms with Gasteiger partial charge in [0.1, 0.15) is 0 Å². The summed E-state index contributed by atoms with van der Waals surface area (Å²) in [6, 6.07) is 15.9. The first-order valence-electron chi connectivity index (χ1n) is 6.48. The quantitative estimate of drug-likeness (QED) is 0.644. The van der Waals surface area contributed by atoms with Crippen LogP contribution in [0.2, 0.25) is 0 Å². The van der Waals surface area contributed by atoms with Crippen LogP contribution in [0.4, 0.5) is 0 Å². The second-order valence-electron chi connectivity index (χ2n) is 4.94. The van der Waals surface area contributed by atoms with Crippen molar-refractivity contribution in [3.63, 3.8) is 0 Å². The Morgan fingerprint density at radius 3 is 2.80 bits per heavy atom. The molecule has 0 aliphatic heterocycles. The Bertz CT molecular complexity index is 789. The predicted octanol–water partition coefficient (Wildman–Crippen LogP) is 4.60. The predicted molar refractivity (Wildman–Crippen MR) is 85.1 cm³/mol. The van der Waals surface area contributed by atoms with Gasteiger partial charge in [-0.15, -0.1) is 0 Å². The summed E-state index contributed by atoms with van der Waals surface area (Å²) in [5, 5.41) is 1.14. The van der Waals surface area contributed by atoms with Gasteiger partial charge in [0.15, 0.2) is 5.78 Å². The minimum absolute atomic E-state index is 0.131. The van der Waals surface area contributed by atoms with E-state index < -0.39 is 0 Å². The molecule has 0 N–H and O–H groups in total. The van der Waals surface area contributed by atoms with Crippen LogP contribution in [0.3, 0.4) is 0 Å². The number of ketones is 1. The van der Waals surface area contributed by atoms with Crippen molar-refractivity contribution in [3.05, 3.63) is 70.3 Å². The summed E-state index contributed by atoms with van der Waals surface area (Å²) in [6.07, 6.45) is 1.96. The van der Waals surface area contributed by atoms with Crippen LogP contribution < -0.4 is 0 Å². The number of aryl methyl sites for hydroxylation is 1. The van der Waals surface area contributed by atoms with Crippen molar-refractivity contribution in [3.8, 4) is 0 Å². The fraction of sp³-hybridized carbons (Fsp3) is 0.118. The fourth-order valence-corrected chi connectivity index (χ4v) is 2.71. The fourth-order valence-electron chi connectivity index (χ4n) is 2.36. The summed E-state index contributed by atoms with van der Waals surface area (Å²) in [5.41, 5.74) is 2.94. The van der Waals surface area contributed by atoms with Gasteiger partial charge in [-0.1, -0.05) is 45.8 Å². The van der Waals surface area contributed by atoms with E-state index in [4.69, 9.17) is 0 Å². The summed E-state index contributed by atoms with van der Waals surface area (Å²) in [7, 11) is 0. The van der Waals surface area contributed by atoms with E-state index >= 15 is 0 Å². The van der Waals surface area contributed by atoms with E-state index in [9.17, 15) is 4.79 Å². The molecular formula is C17H14BrNO. The van der Waals surface area contributed by atoms with Gasteiger partial charge in [-0.3, -0.25) is 4.79 Å². The lowest BCUT2D eigenvalue weighted by molar-refractivity contribution is 0.0973. The first kappa shape index (κ1) is 13.1. The molecule has 100 valence electrons. The first-order valence-corrected chi connectivity index (χ1v) is 7.27. The first-order chi connectivity index (χ1) is 9.63. The van der Waals surface area contributed by atoms with Gasteiger partial charge in [0.25, 0.3) is 0 Å². The molecule has 3 heteroatoms. The van der Waals surface area contributed by atoms with Crippen molar-refractivity contribution in [1.29, 1.82) is 0 Å². The molecule has 0 aliphatic carbocycles. The van der Waals surface area contributed by atoms with Gasteiger partial charge in [0, 0.05) is 21.7 Å². The number of carbonyl (C=O) groups is 1. The average molecular weight is 328 g/mol. The monoisotopic (exact) mass is 327 g/mol. The Hall–Kier alpha value is -1.87. The van der Waals surface area contributed by atoms with Crippen LogP contribution >= 0.6 is 15.9 Å². The van der Waals surface area contributed by atoms with Crippen molar-refractivity contribution in [2.24, 2.45) is 0 Å². The molecule has 0 saturated heterocycles. The highest BCUT2D eigenvalue weighted by Crippen LogP contribution is 2.21. The second-order valence-corrected chi connectivity index (χ2v) is 5.86. The number of fused-ring (bicyclic) bond motifs is 1. The van der Waals surface area contributed by atoms with Crippen molar-refractivity contribution < 1.29 is 4.79 Å². The Morgan fingerprint density at radius 1 is 1.15 bits per heavy atom. The van der Waals surface area contributed by atoms with Gasteiger partial charge in [-0.2, -0.15) is 0 Å². The van der Waals surface area contributed by atoms with Gasteiger partial charge in [0.2, 0.25) is 0 Å². The van der Waals surface area contributed by atoms with Gasteiger partial charge < -0.3 is 4.57 Å². The van der Waals surface area contributed by atoms with E-state index in [0.29, 0.717) is 6.54 Å². The molecule has 0 saturated carbocycles. The van der Waals surface area contributed by atoms with Crippen molar-refractivity contribution in [2.45, 2.75) is 13.5 Å². The third-order valence-electron chi connectivity index (χ3n) is 3.39. The van der Waals surface area contributed by atoms with Crippen LogP contribution in [0.5, 0.6) is 0 Å². The number of aromatic nitrogens is 1. The van der Waals surface area contributed by atoms with Crippen molar-refractivity contribution in [1.82, 2.24) is 4.57 Å². The number of benzene rings is 2. The SMILES string of the molecule is Cc1cccc(C(=O)Cn2ccc3ccc(Br)cc32)c1. The minimum atomic E-state index is 0.131. The van der Waals surface area contributed by atoms with Gasteiger partial charge in [-0.05, 0) is 36.6 Å². The van der Waals surface area contributed by atoms with Crippen molar-refractivity contribution in [2.75, 3.05) is 0 Å². The molecular weight excluding hydrogens is 314 g/mol. The molecule has 0 bridgehead atoms. The van der Waals surface area contributed by atoms with E-state index in [0.717, 1.165) is 26.5 Å². The molecule has 0 unspecified atom stereocenters. The van der Waals surface area contributed by atoms with E-state index in [1.165, 1.54) is 0 Å². The molecule has 0 fully saturated rings. The molecule has 2 nitrogen and oxygen atoms in total. The Morgan fingerprint density at radius 2 is 2.00 bits per heavy atom. The molecule has 0 spiro atoms. The Kier molecular flexibility index (Phi) is 3.45. The number of hydrogen-bond acceptors (Lipinski definition) is 1. The maximum Gasteiger partial charge on any atom is 0.182 e. The zero-order chi connectivity index (χ0) is 14.1. The van der Waals surface area contributed by atoms with E-state index in [1.54, 1.807) is 0 Å². The van der Waals surface area contributed by atoms with Gasteiger partial charge >= 0.3 is 0 Å². The average Bonchev–Trinajstić information content (AvgIpc) is 2.81. The lowest BCUT2D eigenvalue weighted by Crippen LogP contribution is -2.09. The van der Waals surface area contributed by atoms with E-state index in [1.807, 2.05) is 66.2 Å². The molecule has 20 heavy (non-hydrogen) atoms. The summed E-state index contributed by atoms with van der Waals surface area (Å²) in [4.78, 5) is 12.4. The number of rotatable bonds is 3. The minimum Gasteiger partial charge on any atom is -0.340 e. The van der Waals surface area contributed by atoms with Crippen LogP contribution in [-0.4, -0.2) is 10.4 Å². The molecule has 2 aromatic carbocycles. The largest absolute Gasteiger partial charge is 0.340 e. The molecule has 0 amide bonds. The molecule has 1 aromatic heterocycles. The van der Waals surface area contributed by atoms with E-state index in [-0.39, 0.29) is 5.78 Å². The topological polar surface area (TPSA) is 22.0 Å². The third-order valence-corrected chi connectivity index (χ3v) is 3.88. The number of Topliss-reactive ketones (excluding diaryl/α,β-unsaturated/α-hetero) is 1. The maximum atomic E-state index is 12.4. The zero-order valence-electron chi connectivity index (χ0n) is 11.1. The second kappa shape index (κ2) is 5.25. The van der Waals surface area contributed by atoms with Gasteiger partial charge in [-0.25, -0.2) is 0 Å².